The van der Waals surface area contributed by atoms with Crippen LogP contribution in [0.1, 0.15) is 97.2 Å². The number of nitrogens with two attached hydrogens (primary N) is 2. The third kappa shape index (κ3) is 11.9. The highest BCUT2D eigenvalue weighted by atomic mass is 16.5. The van der Waals surface area contributed by atoms with Crippen molar-refractivity contribution in [2.24, 2.45) is 23.3 Å². The molecule has 2 aromatic rings. The molecule has 0 saturated heterocycles. The van der Waals surface area contributed by atoms with Crippen molar-refractivity contribution >= 4 is 17.8 Å². The minimum Gasteiger partial charge on any atom is -0.497 e. The van der Waals surface area contributed by atoms with Gasteiger partial charge in [-0.3, -0.25) is 14.2 Å². The van der Waals surface area contributed by atoms with E-state index in [-0.39, 0.29) is 42.9 Å². The SMILES string of the molecule is COc1ccc(C[C@H](NC(=O)CC(C)(C)N)C(=O)N(C(C)Cc2cn(C(N)=O)cn2)[C@@H](CC2CCCCC2)[C@H](O)[C@H](O)CC(C)C)cc1. The summed E-state index contributed by atoms with van der Waals surface area (Å²) in [6, 6.07) is 4.34. The van der Waals surface area contributed by atoms with E-state index in [0.717, 1.165) is 37.7 Å². The number of aliphatic hydroxyl groups excluding tert-OH is 2. The van der Waals surface area contributed by atoms with E-state index in [9.17, 15) is 19.8 Å². The first-order chi connectivity index (χ1) is 22.6. The second kappa shape index (κ2) is 17.8. The lowest BCUT2D eigenvalue weighted by Gasteiger charge is -2.44. The second-order valence-corrected chi connectivity index (χ2v) is 14.7. The van der Waals surface area contributed by atoms with Crippen molar-refractivity contribution in [2.75, 3.05) is 7.11 Å². The number of carbonyl (C=O) groups is 3. The molecule has 0 radical (unpaired) electrons. The topological polar surface area (TPSA) is 186 Å². The van der Waals surface area contributed by atoms with E-state index in [0.29, 0.717) is 24.3 Å². The molecule has 48 heavy (non-hydrogen) atoms. The van der Waals surface area contributed by atoms with Crippen LogP contribution in [-0.4, -0.2) is 85.5 Å². The fraction of sp³-hybridized carbons (Fsp3) is 0.667. The van der Waals surface area contributed by atoms with Gasteiger partial charge in [-0.1, -0.05) is 58.1 Å². The molecular formula is C36H58N6O6. The zero-order chi connectivity index (χ0) is 35.6. The number of aliphatic hydroxyl groups is 2. The van der Waals surface area contributed by atoms with Gasteiger partial charge in [0, 0.05) is 37.0 Å². The van der Waals surface area contributed by atoms with E-state index < -0.39 is 41.9 Å². The lowest BCUT2D eigenvalue weighted by molar-refractivity contribution is -0.147. The minimum absolute atomic E-state index is 0.000723. The Bertz CT molecular complexity index is 1320. The number of aromatic nitrogens is 2. The first kappa shape index (κ1) is 39.0. The number of hydrogen-bond donors (Lipinski definition) is 5. The molecule has 1 unspecified atom stereocenters. The summed E-state index contributed by atoms with van der Waals surface area (Å²) in [5.41, 5.74) is 12.2. The van der Waals surface area contributed by atoms with Crippen molar-refractivity contribution in [3.63, 3.8) is 0 Å². The fourth-order valence-corrected chi connectivity index (χ4v) is 6.80. The summed E-state index contributed by atoms with van der Waals surface area (Å²) in [7, 11) is 1.58. The van der Waals surface area contributed by atoms with E-state index >= 15 is 4.79 Å². The fourth-order valence-electron chi connectivity index (χ4n) is 6.80. The normalized spacial score (nSPS) is 17.3. The number of nitrogens with one attached hydrogen (secondary N) is 1. The standard InChI is InChI=1S/C36H58N6O6/c1-23(2)16-31(43)33(45)30(19-25-10-8-7-9-11-25)42(24(3)17-27-21-41(22-39-27)35(37)47)34(46)29(40-32(44)20-36(4,5)38)18-26-12-14-28(48-6)15-13-26/h12-15,21-25,29-31,33,43,45H,7-11,16-20,38H2,1-6H3,(H2,37,47)(H,40,44)/t24?,29-,30-,31+,33-/m0/s1. The Hall–Kier alpha value is -3.48. The van der Waals surface area contributed by atoms with Crippen molar-refractivity contribution in [2.45, 2.75) is 135 Å². The van der Waals surface area contributed by atoms with Gasteiger partial charge in [0.05, 0.1) is 24.9 Å². The van der Waals surface area contributed by atoms with Crippen LogP contribution < -0.4 is 21.5 Å². The minimum atomic E-state index is -1.23. The number of nitrogens with zero attached hydrogens (tertiary/aromatic N) is 3. The zero-order valence-corrected chi connectivity index (χ0v) is 29.6. The van der Waals surface area contributed by atoms with Crippen LogP contribution in [0.15, 0.2) is 36.8 Å². The molecule has 5 atom stereocenters. The Labute approximate surface area is 285 Å². The summed E-state index contributed by atoms with van der Waals surface area (Å²) < 4.78 is 6.49. The molecule has 7 N–H and O–H groups in total. The van der Waals surface area contributed by atoms with Crippen LogP contribution in [0, 0.1) is 11.8 Å². The molecule has 0 spiro atoms. The average molecular weight is 671 g/mol. The number of amides is 3. The van der Waals surface area contributed by atoms with Gasteiger partial charge in [-0.05, 0) is 63.1 Å². The Morgan fingerprint density at radius 3 is 2.27 bits per heavy atom. The molecule has 1 saturated carbocycles. The summed E-state index contributed by atoms with van der Waals surface area (Å²) in [6.07, 6.45) is 7.09. The van der Waals surface area contributed by atoms with Gasteiger partial charge >= 0.3 is 6.03 Å². The van der Waals surface area contributed by atoms with E-state index in [4.69, 9.17) is 16.2 Å². The summed E-state index contributed by atoms with van der Waals surface area (Å²) in [6.45, 7) is 9.32. The lowest BCUT2D eigenvalue weighted by atomic mass is 9.81. The van der Waals surface area contributed by atoms with E-state index in [1.54, 1.807) is 38.0 Å². The Kier molecular flexibility index (Phi) is 14.4. The zero-order valence-electron chi connectivity index (χ0n) is 29.6. The summed E-state index contributed by atoms with van der Waals surface area (Å²) in [4.78, 5) is 46.1. The summed E-state index contributed by atoms with van der Waals surface area (Å²) >= 11 is 0. The van der Waals surface area contributed by atoms with Crippen LogP contribution in [0.4, 0.5) is 4.79 Å². The number of rotatable bonds is 17. The van der Waals surface area contributed by atoms with Crippen molar-refractivity contribution in [3.8, 4) is 5.75 Å². The van der Waals surface area contributed by atoms with E-state index in [1.807, 2.05) is 32.9 Å². The first-order valence-corrected chi connectivity index (χ1v) is 17.3. The van der Waals surface area contributed by atoms with Gasteiger partial charge in [0.1, 0.15) is 24.2 Å². The predicted molar refractivity (Wildman–Crippen MR) is 185 cm³/mol. The molecule has 1 aromatic heterocycles. The first-order valence-electron chi connectivity index (χ1n) is 17.3. The number of imidazole rings is 1. The highest BCUT2D eigenvalue weighted by Gasteiger charge is 2.41. The monoisotopic (exact) mass is 670 g/mol. The van der Waals surface area contributed by atoms with E-state index in [2.05, 4.69) is 10.3 Å². The van der Waals surface area contributed by atoms with Crippen LogP contribution >= 0.6 is 0 Å². The quantitative estimate of drug-likeness (QED) is 0.169. The number of carbonyl (C=O) groups excluding carboxylic acids is 3. The predicted octanol–water partition coefficient (Wildman–Crippen LogP) is 3.54. The van der Waals surface area contributed by atoms with Crippen molar-refractivity contribution in [1.82, 2.24) is 19.8 Å². The second-order valence-electron chi connectivity index (χ2n) is 14.7. The molecule has 1 heterocycles. The van der Waals surface area contributed by atoms with Gasteiger partial charge < -0.3 is 36.6 Å². The van der Waals surface area contributed by atoms with Gasteiger partial charge in [0.2, 0.25) is 11.8 Å². The van der Waals surface area contributed by atoms with Gasteiger partial charge in [-0.2, -0.15) is 0 Å². The molecule has 3 rings (SSSR count). The number of ether oxygens (including phenoxy) is 1. The molecule has 12 heteroatoms. The summed E-state index contributed by atoms with van der Waals surface area (Å²) in [5, 5.41) is 26.2. The summed E-state index contributed by atoms with van der Waals surface area (Å²) in [5.74, 6) is 0.287. The Balaban J connectivity index is 2.10. The molecule has 268 valence electrons. The van der Waals surface area contributed by atoms with Gasteiger partial charge in [0.25, 0.3) is 0 Å². The Morgan fingerprint density at radius 2 is 1.73 bits per heavy atom. The molecule has 0 aliphatic heterocycles. The third-order valence-electron chi connectivity index (χ3n) is 9.13. The molecule has 12 nitrogen and oxygen atoms in total. The van der Waals surface area contributed by atoms with Crippen LogP contribution in [0.5, 0.6) is 5.75 Å². The molecular weight excluding hydrogens is 612 g/mol. The number of benzene rings is 1. The third-order valence-corrected chi connectivity index (χ3v) is 9.13. The molecule has 3 amide bonds. The molecule has 0 bridgehead atoms. The number of hydrogen-bond acceptors (Lipinski definition) is 8. The van der Waals surface area contributed by atoms with Crippen LogP contribution in [-0.2, 0) is 22.4 Å². The van der Waals surface area contributed by atoms with Gasteiger partial charge in [-0.15, -0.1) is 0 Å². The Morgan fingerprint density at radius 1 is 1.08 bits per heavy atom. The average Bonchev–Trinajstić information content (AvgIpc) is 3.48. The van der Waals surface area contributed by atoms with Crippen LogP contribution in [0.2, 0.25) is 0 Å². The maximum atomic E-state index is 15.0. The maximum absolute atomic E-state index is 15.0. The van der Waals surface area contributed by atoms with Crippen molar-refractivity contribution in [3.05, 3.63) is 48.0 Å². The molecule has 1 fully saturated rings. The van der Waals surface area contributed by atoms with Crippen molar-refractivity contribution in [1.29, 1.82) is 0 Å². The van der Waals surface area contributed by atoms with Gasteiger partial charge in [-0.25, -0.2) is 9.78 Å². The number of primary amides is 1. The molecule has 1 aromatic carbocycles. The van der Waals surface area contributed by atoms with E-state index in [1.165, 1.54) is 17.1 Å². The highest BCUT2D eigenvalue weighted by molar-refractivity contribution is 5.88. The van der Waals surface area contributed by atoms with Gasteiger partial charge in [0.15, 0.2) is 0 Å². The highest BCUT2D eigenvalue weighted by Crippen LogP contribution is 2.32. The smallest absolute Gasteiger partial charge is 0.324 e. The molecule has 1 aliphatic rings. The van der Waals surface area contributed by atoms with Crippen LogP contribution in [0.25, 0.3) is 0 Å². The lowest BCUT2D eigenvalue weighted by Crippen LogP contribution is -2.61. The largest absolute Gasteiger partial charge is 0.497 e. The maximum Gasteiger partial charge on any atom is 0.324 e. The molecule has 1 aliphatic carbocycles. The van der Waals surface area contributed by atoms with Crippen molar-refractivity contribution < 1.29 is 29.3 Å². The number of methoxy groups -OCH3 is 1. The van der Waals surface area contributed by atoms with Crippen LogP contribution in [0.3, 0.4) is 0 Å².